The molecule has 0 aromatic heterocycles. The number of hydrogen-bond donors (Lipinski definition) is 0. The average molecular weight is 270 g/mol. The number of unbranched alkanes of at least 4 members (excludes halogenated alkanes) is 1. The second-order valence-electron chi connectivity index (χ2n) is 3.46. The molecule has 0 unspecified atom stereocenters. The van der Waals surface area contributed by atoms with Gasteiger partial charge in [0.15, 0.2) is 0 Å². The van der Waals surface area contributed by atoms with Crippen LogP contribution >= 0.6 is 24.0 Å². The first-order valence-corrected chi connectivity index (χ1v) is 7.19. The Bertz CT molecular complexity index is 314. The third-order valence-corrected chi connectivity index (χ3v) is 3.35. The summed E-state index contributed by atoms with van der Waals surface area (Å²) in [5.41, 5.74) is 0. The summed E-state index contributed by atoms with van der Waals surface area (Å²) in [7, 11) is 0. The lowest BCUT2D eigenvalue weighted by molar-refractivity contribution is 0.217. The molecule has 0 bridgehead atoms. The van der Waals surface area contributed by atoms with Gasteiger partial charge in [-0.3, -0.25) is 0 Å². The molecule has 0 atom stereocenters. The number of hydrogen-bond acceptors (Lipinski definition) is 4. The van der Waals surface area contributed by atoms with Crippen molar-refractivity contribution < 1.29 is 9.47 Å². The van der Waals surface area contributed by atoms with Crippen molar-refractivity contribution in [3.63, 3.8) is 0 Å². The first kappa shape index (κ1) is 14.3. The summed E-state index contributed by atoms with van der Waals surface area (Å²) in [6, 6.07) is 9.70. The number of benzene rings is 1. The van der Waals surface area contributed by atoms with Crippen LogP contribution in [0, 0.1) is 0 Å². The second kappa shape index (κ2) is 9.31. The highest BCUT2D eigenvalue weighted by molar-refractivity contribution is 8.22. The van der Waals surface area contributed by atoms with Gasteiger partial charge in [0.2, 0.25) is 4.38 Å². The zero-order chi connectivity index (χ0) is 12.3. The molecule has 0 spiro atoms. The lowest BCUT2D eigenvalue weighted by Gasteiger charge is -2.08. The molecule has 0 aliphatic carbocycles. The van der Waals surface area contributed by atoms with Crippen LogP contribution in [0.15, 0.2) is 30.3 Å². The zero-order valence-electron chi connectivity index (χ0n) is 10.1. The van der Waals surface area contributed by atoms with Crippen molar-refractivity contribution in [1.82, 2.24) is 0 Å². The highest BCUT2D eigenvalue weighted by atomic mass is 32.2. The van der Waals surface area contributed by atoms with Gasteiger partial charge in [0, 0.05) is 5.75 Å². The van der Waals surface area contributed by atoms with Crippen LogP contribution in [0.4, 0.5) is 0 Å². The van der Waals surface area contributed by atoms with Gasteiger partial charge < -0.3 is 9.47 Å². The van der Waals surface area contributed by atoms with Gasteiger partial charge in [0.25, 0.3) is 0 Å². The number of ether oxygens (including phenoxy) is 2. The Kier molecular flexibility index (Phi) is 7.84. The SMILES string of the molecule is CCCCSC(=S)OCCOc1ccccc1. The maximum absolute atomic E-state index is 5.49. The van der Waals surface area contributed by atoms with E-state index in [0.717, 1.165) is 11.5 Å². The fourth-order valence-electron chi connectivity index (χ4n) is 1.14. The number of rotatable bonds is 7. The van der Waals surface area contributed by atoms with Crippen molar-refractivity contribution in [2.24, 2.45) is 0 Å². The molecule has 94 valence electrons. The molecular weight excluding hydrogens is 252 g/mol. The van der Waals surface area contributed by atoms with E-state index in [1.54, 1.807) is 11.8 Å². The van der Waals surface area contributed by atoms with E-state index in [-0.39, 0.29) is 0 Å². The zero-order valence-corrected chi connectivity index (χ0v) is 11.7. The fourth-order valence-corrected chi connectivity index (χ4v) is 2.24. The van der Waals surface area contributed by atoms with Gasteiger partial charge in [-0.25, -0.2) is 0 Å². The van der Waals surface area contributed by atoms with Gasteiger partial charge in [-0.15, -0.1) is 0 Å². The summed E-state index contributed by atoms with van der Waals surface area (Å²) in [5, 5.41) is 0. The Labute approximate surface area is 113 Å². The van der Waals surface area contributed by atoms with Crippen LogP contribution in [-0.2, 0) is 4.74 Å². The second-order valence-corrected chi connectivity index (χ2v) is 5.16. The molecular formula is C13H18O2S2. The predicted octanol–water partition coefficient (Wildman–Crippen LogP) is 3.90. The Balaban J connectivity index is 2.02. The van der Waals surface area contributed by atoms with Crippen molar-refractivity contribution in [2.75, 3.05) is 19.0 Å². The standard InChI is InChI=1S/C13H18O2S2/c1-2-3-11-17-13(16)15-10-9-14-12-7-5-4-6-8-12/h4-8H,2-3,9-11H2,1H3. The quantitative estimate of drug-likeness (QED) is 0.552. The van der Waals surface area contributed by atoms with Crippen molar-refractivity contribution in [1.29, 1.82) is 0 Å². The lowest BCUT2D eigenvalue weighted by atomic mass is 10.3. The van der Waals surface area contributed by atoms with E-state index in [0.29, 0.717) is 17.6 Å². The first-order chi connectivity index (χ1) is 8.33. The van der Waals surface area contributed by atoms with Crippen molar-refractivity contribution in [2.45, 2.75) is 19.8 Å². The maximum Gasteiger partial charge on any atom is 0.220 e. The minimum Gasteiger partial charge on any atom is -0.490 e. The molecule has 0 N–H and O–H groups in total. The number of thioether (sulfide) groups is 1. The van der Waals surface area contributed by atoms with Gasteiger partial charge in [0.1, 0.15) is 19.0 Å². The van der Waals surface area contributed by atoms with E-state index in [1.807, 2.05) is 30.3 Å². The Morgan fingerprint density at radius 3 is 2.71 bits per heavy atom. The first-order valence-electron chi connectivity index (χ1n) is 5.80. The molecule has 0 fully saturated rings. The van der Waals surface area contributed by atoms with Crippen molar-refractivity contribution in [3.05, 3.63) is 30.3 Å². The summed E-state index contributed by atoms with van der Waals surface area (Å²) in [5.74, 6) is 1.90. The Hall–Kier alpha value is -0.740. The predicted molar refractivity (Wildman–Crippen MR) is 77.9 cm³/mol. The molecule has 0 amide bonds. The topological polar surface area (TPSA) is 18.5 Å². The van der Waals surface area contributed by atoms with Crippen molar-refractivity contribution >= 4 is 28.4 Å². The molecule has 0 aliphatic heterocycles. The summed E-state index contributed by atoms with van der Waals surface area (Å²) in [6.07, 6.45) is 2.36. The van der Waals surface area contributed by atoms with Gasteiger partial charge in [0.05, 0.1) is 0 Å². The molecule has 1 rings (SSSR count). The largest absolute Gasteiger partial charge is 0.490 e. The highest BCUT2D eigenvalue weighted by Gasteiger charge is 1.98. The van der Waals surface area contributed by atoms with Gasteiger partial charge in [-0.05, 0) is 30.8 Å². The van der Waals surface area contributed by atoms with Gasteiger partial charge in [-0.2, -0.15) is 0 Å². The molecule has 0 saturated carbocycles. The lowest BCUT2D eigenvalue weighted by Crippen LogP contribution is -2.09. The van der Waals surface area contributed by atoms with E-state index in [4.69, 9.17) is 21.7 Å². The van der Waals surface area contributed by atoms with E-state index in [2.05, 4.69) is 6.92 Å². The monoisotopic (exact) mass is 270 g/mol. The molecule has 1 aromatic carbocycles. The van der Waals surface area contributed by atoms with Crippen LogP contribution < -0.4 is 4.74 Å². The summed E-state index contributed by atoms with van der Waals surface area (Å²) in [4.78, 5) is 0. The summed E-state index contributed by atoms with van der Waals surface area (Å²) in [6.45, 7) is 3.20. The van der Waals surface area contributed by atoms with Crippen molar-refractivity contribution in [3.8, 4) is 5.75 Å². The minimum absolute atomic E-state index is 0.507. The summed E-state index contributed by atoms with van der Waals surface area (Å²) >= 11 is 6.68. The van der Waals surface area contributed by atoms with E-state index >= 15 is 0 Å². The molecule has 2 nitrogen and oxygen atoms in total. The Morgan fingerprint density at radius 2 is 2.00 bits per heavy atom. The maximum atomic E-state index is 5.49. The number of thiocarbonyl (C=S) groups is 1. The normalized spacial score (nSPS) is 9.94. The molecule has 0 heterocycles. The van der Waals surface area contributed by atoms with Crippen LogP contribution in [-0.4, -0.2) is 23.3 Å². The smallest absolute Gasteiger partial charge is 0.220 e. The fraction of sp³-hybridized carbons (Fsp3) is 0.462. The van der Waals surface area contributed by atoms with Gasteiger partial charge in [-0.1, -0.05) is 43.3 Å². The van der Waals surface area contributed by atoms with Crippen LogP contribution in [0.3, 0.4) is 0 Å². The van der Waals surface area contributed by atoms with E-state index < -0.39 is 0 Å². The third-order valence-electron chi connectivity index (χ3n) is 2.03. The highest BCUT2D eigenvalue weighted by Crippen LogP contribution is 2.10. The minimum atomic E-state index is 0.507. The molecule has 4 heteroatoms. The Morgan fingerprint density at radius 1 is 1.24 bits per heavy atom. The molecule has 0 aliphatic rings. The molecule has 1 aromatic rings. The average Bonchev–Trinajstić information content (AvgIpc) is 2.36. The summed E-state index contributed by atoms with van der Waals surface area (Å²) < 4.78 is 11.5. The van der Waals surface area contributed by atoms with Crippen LogP contribution in [0.1, 0.15) is 19.8 Å². The molecule has 0 radical (unpaired) electrons. The van der Waals surface area contributed by atoms with Crippen LogP contribution in [0.2, 0.25) is 0 Å². The van der Waals surface area contributed by atoms with Crippen LogP contribution in [0.5, 0.6) is 5.75 Å². The molecule has 17 heavy (non-hydrogen) atoms. The third kappa shape index (κ3) is 7.23. The number of para-hydroxylation sites is 1. The van der Waals surface area contributed by atoms with Gasteiger partial charge >= 0.3 is 0 Å². The molecule has 0 saturated heterocycles. The van der Waals surface area contributed by atoms with Crippen LogP contribution in [0.25, 0.3) is 0 Å². The van der Waals surface area contributed by atoms with E-state index in [1.165, 1.54) is 12.8 Å². The van der Waals surface area contributed by atoms with E-state index in [9.17, 15) is 0 Å².